The zero-order chi connectivity index (χ0) is 28.9. The first kappa shape index (κ1) is 28.2. The first-order valence-electron chi connectivity index (χ1n) is 14.7. The fourth-order valence-corrected chi connectivity index (χ4v) is 6.10. The Hall–Kier alpha value is -3.95. The van der Waals surface area contributed by atoms with Crippen LogP contribution in [0.5, 0.6) is 0 Å². The molecule has 10 heteroatoms. The molecule has 218 valence electrons. The molecule has 2 aromatic carbocycles. The summed E-state index contributed by atoms with van der Waals surface area (Å²) in [6, 6.07) is 19.4. The molecule has 3 heterocycles. The molecule has 1 saturated carbocycles. The Balaban J connectivity index is 1.11. The van der Waals surface area contributed by atoms with Crippen molar-refractivity contribution in [2.45, 2.75) is 64.1 Å². The summed E-state index contributed by atoms with van der Waals surface area (Å²) >= 11 is 6.06. The van der Waals surface area contributed by atoms with Gasteiger partial charge in [0.05, 0.1) is 30.3 Å². The maximum atomic E-state index is 13.4. The summed E-state index contributed by atoms with van der Waals surface area (Å²) in [6.45, 7) is 2.67. The third-order valence-corrected chi connectivity index (χ3v) is 8.38. The lowest BCUT2D eigenvalue weighted by atomic mass is 10.2. The van der Waals surface area contributed by atoms with E-state index in [1.807, 2.05) is 52.9 Å². The van der Waals surface area contributed by atoms with Crippen molar-refractivity contribution in [3.05, 3.63) is 99.5 Å². The van der Waals surface area contributed by atoms with Gasteiger partial charge in [0.15, 0.2) is 0 Å². The molecule has 42 heavy (non-hydrogen) atoms. The van der Waals surface area contributed by atoms with Crippen molar-refractivity contribution in [2.75, 3.05) is 13.1 Å². The second-order valence-corrected chi connectivity index (χ2v) is 11.4. The quantitative estimate of drug-likeness (QED) is 0.201. The summed E-state index contributed by atoms with van der Waals surface area (Å²) in [5.74, 6) is 2.06. The minimum Gasteiger partial charge on any atom is -0.468 e. The van der Waals surface area contributed by atoms with Gasteiger partial charge in [-0.25, -0.2) is 0 Å². The lowest BCUT2D eigenvalue weighted by Crippen LogP contribution is -2.35. The largest absolute Gasteiger partial charge is 0.468 e. The Labute approximate surface area is 249 Å². The molecule has 0 unspecified atom stereocenters. The number of aromatic nitrogens is 4. The molecule has 9 nitrogen and oxygen atoms in total. The summed E-state index contributed by atoms with van der Waals surface area (Å²) in [6.07, 6.45) is 8.29. The van der Waals surface area contributed by atoms with Gasteiger partial charge in [0, 0.05) is 37.0 Å². The summed E-state index contributed by atoms with van der Waals surface area (Å²) in [5, 5.41) is 13.1. The first-order chi connectivity index (χ1) is 20.6. The number of hydrogen-bond donors (Lipinski definition) is 1. The first-order valence-corrected chi connectivity index (χ1v) is 15.1. The predicted molar refractivity (Wildman–Crippen MR) is 163 cm³/mol. The van der Waals surface area contributed by atoms with E-state index in [-0.39, 0.29) is 17.9 Å². The van der Waals surface area contributed by atoms with E-state index in [0.717, 1.165) is 36.4 Å². The standard InChI is InChI=1S/C32H35ClN6O3/c33-24-14-12-23(13-15-24)21-38-31(41)27-10-3-4-11-28(27)39-29(35-36-32(38)39)16-17-30(40)34-18-6-19-37(25-7-1-2-8-25)22-26-9-5-20-42-26/h3-5,9-15,20,25H,1-2,6-8,16-19,21-22H2,(H,34,40). The average molecular weight is 587 g/mol. The van der Waals surface area contributed by atoms with Crippen LogP contribution in [0.3, 0.4) is 0 Å². The molecule has 1 aliphatic rings. The van der Waals surface area contributed by atoms with Crippen molar-refractivity contribution in [1.29, 1.82) is 0 Å². The van der Waals surface area contributed by atoms with Crippen LogP contribution in [-0.2, 0) is 24.3 Å². The molecule has 0 bridgehead atoms. The molecule has 1 amide bonds. The highest BCUT2D eigenvalue weighted by molar-refractivity contribution is 6.30. The van der Waals surface area contributed by atoms with E-state index < -0.39 is 0 Å². The SMILES string of the molecule is O=C(CCc1nnc2n(Cc3ccc(Cl)cc3)c(=O)c3ccccc3n12)NCCCN(Cc1ccco1)C1CCCC1. The number of nitrogens with zero attached hydrogens (tertiary/aromatic N) is 5. The smallest absolute Gasteiger partial charge is 0.263 e. The highest BCUT2D eigenvalue weighted by atomic mass is 35.5. The summed E-state index contributed by atoms with van der Waals surface area (Å²) in [4.78, 5) is 28.8. The van der Waals surface area contributed by atoms with Crippen LogP contribution >= 0.6 is 11.6 Å². The molecule has 1 aliphatic carbocycles. The van der Waals surface area contributed by atoms with Gasteiger partial charge in [-0.15, -0.1) is 10.2 Å². The van der Waals surface area contributed by atoms with Crippen LogP contribution in [0, 0.1) is 0 Å². The third-order valence-electron chi connectivity index (χ3n) is 8.13. The number of halogens is 1. The van der Waals surface area contributed by atoms with Gasteiger partial charge in [-0.3, -0.25) is 23.5 Å². The van der Waals surface area contributed by atoms with Crippen LogP contribution in [-0.4, -0.2) is 49.1 Å². The highest BCUT2D eigenvalue weighted by Crippen LogP contribution is 2.25. The number of nitrogens with one attached hydrogen (secondary N) is 1. The van der Waals surface area contributed by atoms with E-state index in [1.165, 1.54) is 25.7 Å². The summed E-state index contributed by atoms with van der Waals surface area (Å²) in [5.41, 5.74) is 1.52. The fourth-order valence-electron chi connectivity index (χ4n) is 5.98. The van der Waals surface area contributed by atoms with Crippen LogP contribution in [0.1, 0.15) is 55.7 Å². The van der Waals surface area contributed by atoms with E-state index in [0.29, 0.717) is 47.6 Å². The second-order valence-electron chi connectivity index (χ2n) is 11.0. The second kappa shape index (κ2) is 12.9. The van der Waals surface area contributed by atoms with Crippen molar-refractivity contribution >= 4 is 34.2 Å². The minimum absolute atomic E-state index is 0.0241. The molecule has 1 fully saturated rings. The van der Waals surface area contributed by atoms with E-state index in [1.54, 1.807) is 23.0 Å². The summed E-state index contributed by atoms with van der Waals surface area (Å²) < 4.78 is 9.12. The molecule has 1 N–H and O–H groups in total. The Morgan fingerprint density at radius 1 is 1.05 bits per heavy atom. The molecule has 0 spiro atoms. The van der Waals surface area contributed by atoms with E-state index in [2.05, 4.69) is 20.4 Å². The van der Waals surface area contributed by atoms with Gasteiger partial charge in [-0.05, 0) is 61.2 Å². The molecule has 0 saturated heterocycles. The number of aryl methyl sites for hydroxylation is 1. The highest BCUT2D eigenvalue weighted by Gasteiger charge is 2.23. The molecular weight excluding hydrogens is 552 g/mol. The molecule has 0 radical (unpaired) electrons. The lowest BCUT2D eigenvalue weighted by molar-refractivity contribution is -0.121. The van der Waals surface area contributed by atoms with Gasteiger partial charge in [0.2, 0.25) is 11.7 Å². The maximum absolute atomic E-state index is 13.4. The number of amides is 1. The van der Waals surface area contributed by atoms with E-state index in [4.69, 9.17) is 16.0 Å². The summed E-state index contributed by atoms with van der Waals surface area (Å²) in [7, 11) is 0. The number of benzene rings is 2. The average Bonchev–Trinajstić information content (AvgIpc) is 3.80. The molecule has 0 aliphatic heterocycles. The van der Waals surface area contributed by atoms with E-state index in [9.17, 15) is 9.59 Å². The number of carbonyl (C=O) groups is 1. The Morgan fingerprint density at radius 2 is 1.86 bits per heavy atom. The van der Waals surface area contributed by atoms with Gasteiger partial charge in [-0.2, -0.15) is 0 Å². The van der Waals surface area contributed by atoms with E-state index >= 15 is 0 Å². The topological polar surface area (TPSA) is 97.7 Å². The number of furan rings is 1. The zero-order valence-electron chi connectivity index (χ0n) is 23.5. The van der Waals surface area contributed by atoms with Crippen molar-refractivity contribution in [1.82, 2.24) is 29.4 Å². The number of rotatable bonds is 12. The van der Waals surface area contributed by atoms with Crippen LogP contribution in [0.15, 0.2) is 76.1 Å². The van der Waals surface area contributed by atoms with Crippen molar-refractivity contribution in [2.24, 2.45) is 0 Å². The predicted octanol–water partition coefficient (Wildman–Crippen LogP) is 5.22. The number of hydrogen-bond acceptors (Lipinski definition) is 6. The lowest BCUT2D eigenvalue weighted by Gasteiger charge is -2.28. The van der Waals surface area contributed by atoms with Crippen LogP contribution in [0.4, 0.5) is 0 Å². The third kappa shape index (κ3) is 6.27. The van der Waals surface area contributed by atoms with Gasteiger partial charge < -0.3 is 9.73 Å². The van der Waals surface area contributed by atoms with Gasteiger partial charge in [0.1, 0.15) is 11.6 Å². The van der Waals surface area contributed by atoms with Crippen LogP contribution in [0.2, 0.25) is 5.02 Å². The number of fused-ring (bicyclic) bond motifs is 3. The zero-order valence-corrected chi connectivity index (χ0v) is 24.3. The Morgan fingerprint density at radius 3 is 2.64 bits per heavy atom. The van der Waals surface area contributed by atoms with Crippen molar-refractivity contribution < 1.29 is 9.21 Å². The molecule has 6 rings (SSSR count). The van der Waals surface area contributed by atoms with Gasteiger partial charge in [0.25, 0.3) is 5.56 Å². The molecule has 0 atom stereocenters. The van der Waals surface area contributed by atoms with Gasteiger partial charge >= 0.3 is 0 Å². The molecular formula is C32H35ClN6O3. The molecule has 3 aromatic heterocycles. The minimum atomic E-state index is -0.136. The number of para-hydroxylation sites is 1. The Kier molecular flexibility index (Phi) is 8.67. The normalized spacial score (nSPS) is 14.0. The molecule has 5 aromatic rings. The van der Waals surface area contributed by atoms with Crippen molar-refractivity contribution in [3.63, 3.8) is 0 Å². The van der Waals surface area contributed by atoms with Crippen LogP contribution < -0.4 is 10.9 Å². The van der Waals surface area contributed by atoms with Gasteiger partial charge in [-0.1, -0.05) is 48.7 Å². The van der Waals surface area contributed by atoms with Crippen molar-refractivity contribution in [3.8, 4) is 0 Å². The monoisotopic (exact) mass is 586 g/mol. The fraction of sp³-hybridized carbons (Fsp3) is 0.375. The maximum Gasteiger partial charge on any atom is 0.263 e. The Bertz CT molecular complexity index is 1700. The number of carbonyl (C=O) groups excluding carboxylic acids is 1. The van der Waals surface area contributed by atoms with Crippen LogP contribution in [0.25, 0.3) is 16.7 Å².